The van der Waals surface area contributed by atoms with Crippen LogP contribution in [0.1, 0.15) is 17.0 Å². The van der Waals surface area contributed by atoms with Crippen molar-refractivity contribution in [3.63, 3.8) is 0 Å². The quantitative estimate of drug-likeness (QED) is 0.758. The fourth-order valence-corrected chi connectivity index (χ4v) is 3.63. The summed E-state index contributed by atoms with van der Waals surface area (Å²) in [7, 11) is 0. The Labute approximate surface area is 158 Å². The van der Waals surface area contributed by atoms with Crippen LogP contribution in [0, 0.1) is 5.92 Å². The molecule has 1 amide bonds. The lowest BCUT2D eigenvalue weighted by Crippen LogP contribution is -2.29. The van der Waals surface area contributed by atoms with Crippen LogP contribution < -0.4 is 5.32 Å². The number of aromatic nitrogens is 3. The summed E-state index contributed by atoms with van der Waals surface area (Å²) < 4.78 is 0. The van der Waals surface area contributed by atoms with Crippen molar-refractivity contribution < 1.29 is 4.79 Å². The van der Waals surface area contributed by atoms with E-state index in [1.165, 1.54) is 0 Å². The molecule has 1 aliphatic rings. The van der Waals surface area contributed by atoms with Crippen LogP contribution in [0.5, 0.6) is 0 Å². The molecule has 2 atom stereocenters. The molecule has 3 aromatic heterocycles. The first-order valence-corrected chi connectivity index (χ1v) is 9.02. The number of hydrogen-bond acceptors (Lipinski definition) is 5. The summed E-state index contributed by atoms with van der Waals surface area (Å²) in [6.45, 7) is 2.29. The lowest BCUT2D eigenvalue weighted by Gasteiger charge is -2.18. The van der Waals surface area contributed by atoms with Gasteiger partial charge in [0.05, 0.1) is 5.92 Å². The molecule has 0 bridgehead atoms. The number of nitrogens with one attached hydrogen (secondary N) is 1. The second-order valence-electron chi connectivity index (χ2n) is 6.75. The van der Waals surface area contributed by atoms with Gasteiger partial charge in [-0.2, -0.15) is 0 Å². The Morgan fingerprint density at radius 1 is 1.00 bits per heavy atom. The summed E-state index contributed by atoms with van der Waals surface area (Å²) in [4.78, 5) is 27.8. The average Bonchev–Trinajstić information content (AvgIpc) is 3.14. The zero-order chi connectivity index (χ0) is 18.5. The molecular weight excluding hydrogens is 338 g/mol. The summed E-state index contributed by atoms with van der Waals surface area (Å²) in [5.74, 6) is 0.561. The van der Waals surface area contributed by atoms with E-state index in [1.807, 2.05) is 42.6 Å². The van der Waals surface area contributed by atoms with Gasteiger partial charge in [0, 0.05) is 56.5 Å². The smallest absolute Gasteiger partial charge is 0.230 e. The minimum absolute atomic E-state index is 0.00389. The van der Waals surface area contributed by atoms with Crippen LogP contribution in [0.15, 0.2) is 73.4 Å². The highest BCUT2D eigenvalue weighted by Crippen LogP contribution is 2.34. The molecule has 0 aliphatic carbocycles. The molecular formula is C21H21N5O. The van der Waals surface area contributed by atoms with Gasteiger partial charge in [-0.25, -0.2) is 4.98 Å². The van der Waals surface area contributed by atoms with Gasteiger partial charge in [-0.15, -0.1) is 0 Å². The first-order chi connectivity index (χ1) is 13.3. The molecule has 1 unspecified atom stereocenters. The topological polar surface area (TPSA) is 71.0 Å². The van der Waals surface area contributed by atoms with Gasteiger partial charge in [0.15, 0.2) is 0 Å². The highest BCUT2D eigenvalue weighted by Gasteiger charge is 2.38. The summed E-state index contributed by atoms with van der Waals surface area (Å²) in [6.07, 6.45) is 8.90. The molecule has 1 N–H and O–H groups in total. The van der Waals surface area contributed by atoms with Crippen molar-refractivity contribution in [2.75, 3.05) is 18.4 Å². The minimum Gasteiger partial charge on any atom is -0.310 e. The Morgan fingerprint density at radius 2 is 1.89 bits per heavy atom. The molecule has 6 heteroatoms. The van der Waals surface area contributed by atoms with E-state index in [1.54, 1.807) is 24.8 Å². The molecule has 1 fully saturated rings. The first-order valence-electron chi connectivity index (χ1n) is 9.02. The van der Waals surface area contributed by atoms with Crippen LogP contribution in [0.25, 0.3) is 0 Å². The normalized spacial score (nSPS) is 19.7. The van der Waals surface area contributed by atoms with Crippen molar-refractivity contribution in [1.29, 1.82) is 0 Å². The molecule has 136 valence electrons. The number of anilines is 1. The standard InChI is InChI=1S/C21H21N5O/c27-21(25-20-5-1-2-9-24-20)19-15-26(13-16-4-3-8-23-12-16)14-18(19)17-6-10-22-11-7-17/h1-12,18-19H,13-15H2,(H,24,25,27)/t18-,19?/m0/s1. The van der Waals surface area contributed by atoms with Gasteiger partial charge in [-0.3, -0.25) is 19.7 Å². The van der Waals surface area contributed by atoms with Crippen molar-refractivity contribution in [2.24, 2.45) is 5.92 Å². The van der Waals surface area contributed by atoms with Gasteiger partial charge in [0.1, 0.15) is 5.82 Å². The zero-order valence-electron chi connectivity index (χ0n) is 14.9. The van der Waals surface area contributed by atoms with Crippen molar-refractivity contribution in [2.45, 2.75) is 12.5 Å². The number of hydrogen-bond donors (Lipinski definition) is 1. The monoisotopic (exact) mass is 359 g/mol. The largest absolute Gasteiger partial charge is 0.310 e. The SMILES string of the molecule is O=C(Nc1ccccn1)C1CN(Cc2cccnc2)C[C@H]1c1ccncc1. The predicted octanol–water partition coefficient (Wildman–Crippen LogP) is 2.73. The highest BCUT2D eigenvalue weighted by molar-refractivity contribution is 5.92. The molecule has 1 saturated heterocycles. The average molecular weight is 359 g/mol. The van der Waals surface area contributed by atoms with Crippen molar-refractivity contribution in [3.05, 3.63) is 84.6 Å². The first kappa shape index (κ1) is 17.3. The summed E-state index contributed by atoms with van der Waals surface area (Å²) in [6, 6.07) is 13.5. The molecule has 1 aliphatic heterocycles. The van der Waals surface area contributed by atoms with E-state index < -0.39 is 0 Å². The Kier molecular flexibility index (Phi) is 5.16. The molecule has 0 saturated carbocycles. The third-order valence-corrected chi connectivity index (χ3v) is 4.91. The third kappa shape index (κ3) is 4.17. The van der Waals surface area contributed by atoms with Crippen LogP contribution in [0.4, 0.5) is 5.82 Å². The maximum Gasteiger partial charge on any atom is 0.230 e. The number of likely N-dealkylation sites (tertiary alicyclic amines) is 1. The lowest BCUT2D eigenvalue weighted by atomic mass is 9.89. The Balaban J connectivity index is 1.53. The van der Waals surface area contributed by atoms with Crippen LogP contribution in [-0.2, 0) is 11.3 Å². The zero-order valence-corrected chi connectivity index (χ0v) is 14.9. The Bertz CT molecular complexity index is 873. The van der Waals surface area contributed by atoms with Gasteiger partial charge in [-0.1, -0.05) is 12.1 Å². The molecule has 6 nitrogen and oxygen atoms in total. The second kappa shape index (κ2) is 8.05. The van der Waals surface area contributed by atoms with E-state index >= 15 is 0 Å². The number of pyridine rings is 3. The fraction of sp³-hybridized carbons (Fsp3) is 0.238. The molecule has 0 radical (unpaired) electrons. The van der Waals surface area contributed by atoms with Crippen LogP contribution in [-0.4, -0.2) is 38.8 Å². The van der Waals surface area contributed by atoms with E-state index in [-0.39, 0.29) is 17.7 Å². The van der Waals surface area contributed by atoms with Gasteiger partial charge in [0.25, 0.3) is 0 Å². The number of nitrogens with zero attached hydrogens (tertiary/aromatic N) is 4. The van der Waals surface area contributed by atoms with Crippen molar-refractivity contribution in [1.82, 2.24) is 19.9 Å². The van der Waals surface area contributed by atoms with Crippen LogP contribution >= 0.6 is 0 Å². The van der Waals surface area contributed by atoms with Crippen molar-refractivity contribution in [3.8, 4) is 0 Å². The van der Waals surface area contributed by atoms with Gasteiger partial charge < -0.3 is 5.32 Å². The molecule has 0 spiro atoms. The summed E-state index contributed by atoms with van der Waals surface area (Å²) in [5.41, 5.74) is 2.29. The number of rotatable bonds is 5. The van der Waals surface area contributed by atoms with E-state index in [9.17, 15) is 4.79 Å². The van der Waals surface area contributed by atoms with Gasteiger partial charge >= 0.3 is 0 Å². The number of carbonyl (C=O) groups excluding carboxylic acids is 1. The lowest BCUT2D eigenvalue weighted by molar-refractivity contribution is -0.119. The maximum absolute atomic E-state index is 13.0. The highest BCUT2D eigenvalue weighted by atomic mass is 16.2. The van der Waals surface area contributed by atoms with E-state index in [0.29, 0.717) is 12.4 Å². The van der Waals surface area contributed by atoms with Gasteiger partial charge in [0.2, 0.25) is 5.91 Å². The molecule has 3 aromatic rings. The van der Waals surface area contributed by atoms with Crippen molar-refractivity contribution >= 4 is 11.7 Å². The molecule has 0 aromatic carbocycles. The van der Waals surface area contributed by atoms with Crippen LogP contribution in [0.2, 0.25) is 0 Å². The number of carbonyl (C=O) groups is 1. The molecule has 27 heavy (non-hydrogen) atoms. The summed E-state index contributed by atoms with van der Waals surface area (Å²) >= 11 is 0. The van der Waals surface area contributed by atoms with E-state index in [4.69, 9.17) is 0 Å². The predicted molar refractivity (Wildman–Crippen MR) is 103 cm³/mol. The Hall–Kier alpha value is -3.12. The van der Waals surface area contributed by atoms with E-state index in [2.05, 4.69) is 31.2 Å². The van der Waals surface area contributed by atoms with Gasteiger partial charge in [-0.05, 0) is 41.5 Å². The summed E-state index contributed by atoms with van der Waals surface area (Å²) in [5, 5.41) is 2.96. The Morgan fingerprint density at radius 3 is 2.63 bits per heavy atom. The van der Waals surface area contributed by atoms with E-state index in [0.717, 1.165) is 24.2 Å². The second-order valence-corrected chi connectivity index (χ2v) is 6.75. The molecule has 4 rings (SSSR count). The third-order valence-electron chi connectivity index (χ3n) is 4.91. The maximum atomic E-state index is 13.0. The number of amides is 1. The minimum atomic E-state index is -0.147. The van der Waals surface area contributed by atoms with Crippen LogP contribution in [0.3, 0.4) is 0 Å². The fourth-order valence-electron chi connectivity index (χ4n) is 3.63. The molecule has 4 heterocycles.